The highest BCUT2D eigenvalue weighted by Crippen LogP contribution is 2.22. The van der Waals surface area contributed by atoms with E-state index in [-0.39, 0.29) is 5.91 Å². The number of ether oxygens (including phenoxy) is 1. The summed E-state index contributed by atoms with van der Waals surface area (Å²) in [5, 5.41) is 0. The first-order valence-corrected chi connectivity index (χ1v) is 10.4. The second kappa shape index (κ2) is 8.43. The summed E-state index contributed by atoms with van der Waals surface area (Å²) in [4.78, 5) is 14.3. The number of nitrogens with zero attached hydrogens (tertiary/aromatic N) is 2. The lowest BCUT2D eigenvalue weighted by molar-refractivity contribution is 0.0774. The molecule has 0 aromatic heterocycles. The maximum Gasteiger partial charge on any atom is 0.255 e. The first kappa shape index (κ1) is 20.8. The molecule has 0 saturated heterocycles. The van der Waals surface area contributed by atoms with Crippen LogP contribution in [0.1, 0.15) is 21.5 Å². The van der Waals surface area contributed by atoms with Crippen molar-refractivity contribution in [3.8, 4) is 5.75 Å². The highest BCUT2D eigenvalue weighted by Gasteiger charge is 2.21. The molecule has 0 saturated carbocycles. The molecule has 0 heterocycles. The summed E-state index contributed by atoms with van der Waals surface area (Å²) in [5.41, 5.74) is 2.92. The molecule has 2 aromatic rings. The van der Waals surface area contributed by atoms with Gasteiger partial charge in [-0.15, -0.1) is 0 Å². The Morgan fingerprint density at radius 3 is 2.22 bits per heavy atom. The second-order valence-electron chi connectivity index (χ2n) is 6.65. The van der Waals surface area contributed by atoms with E-state index in [0.29, 0.717) is 24.4 Å². The van der Waals surface area contributed by atoms with Crippen molar-refractivity contribution in [2.24, 2.45) is 0 Å². The maximum absolute atomic E-state index is 12.8. The molecule has 0 aliphatic heterocycles. The van der Waals surface area contributed by atoms with E-state index in [0.717, 1.165) is 27.4 Å². The summed E-state index contributed by atoms with van der Waals surface area (Å²) < 4.78 is 30.5. The number of rotatable bonds is 7. The SMILES string of the molecule is Cc1cc(C)cc(OCCN(C)C(=O)c2ccccc2N(C)S(C)(=O)=O)c1. The number of likely N-dealkylation sites (N-methyl/N-ethyl adjacent to an activating group) is 1. The third-order valence-corrected chi connectivity index (χ3v) is 5.40. The summed E-state index contributed by atoms with van der Waals surface area (Å²) in [6, 6.07) is 12.6. The normalized spacial score (nSPS) is 11.1. The summed E-state index contributed by atoms with van der Waals surface area (Å²) in [6.45, 7) is 4.73. The predicted octanol–water partition coefficient (Wildman–Crippen LogP) is 2.85. The van der Waals surface area contributed by atoms with Crippen molar-refractivity contribution in [1.29, 1.82) is 0 Å². The van der Waals surface area contributed by atoms with Gasteiger partial charge >= 0.3 is 0 Å². The van der Waals surface area contributed by atoms with Gasteiger partial charge in [0.2, 0.25) is 10.0 Å². The summed E-state index contributed by atoms with van der Waals surface area (Å²) in [7, 11) is -0.355. The van der Waals surface area contributed by atoms with Crippen LogP contribution in [0.5, 0.6) is 5.75 Å². The van der Waals surface area contributed by atoms with Crippen LogP contribution in [-0.2, 0) is 10.0 Å². The number of amides is 1. The fourth-order valence-electron chi connectivity index (χ4n) is 2.73. The van der Waals surface area contributed by atoms with Gasteiger partial charge in [0, 0.05) is 14.1 Å². The lowest BCUT2D eigenvalue weighted by atomic mass is 10.1. The molecule has 2 rings (SSSR count). The van der Waals surface area contributed by atoms with E-state index in [2.05, 4.69) is 6.07 Å². The van der Waals surface area contributed by atoms with Gasteiger partial charge in [0.15, 0.2) is 0 Å². The molecule has 146 valence electrons. The molecule has 0 bridgehead atoms. The molecule has 0 radical (unpaired) electrons. The Labute approximate surface area is 161 Å². The van der Waals surface area contributed by atoms with Gasteiger partial charge in [0.25, 0.3) is 5.91 Å². The molecule has 2 aromatic carbocycles. The van der Waals surface area contributed by atoms with Gasteiger partial charge < -0.3 is 9.64 Å². The first-order chi connectivity index (χ1) is 12.6. The fraction of sp³-hybridized carbons (Fsp3) is 0.350. The predicted molar refractivity (Wildman–Crippen MR) is 108 cm³/mol. The van der Waals surface area contributed by atoms with Crippen LogP contribution in [0.2, 0.25) is 0 Å². The zero-order chi connectivity index (χ0) is 20.2. The number of para-hydroxylation sites is 1. The van der Waals surface area contributed by atoms with E-state index < -0.39 is 10.0 Å². The van der Waals surface area contributed by atoms with Crippen molar-refractivity contribution < 1.29 is 17.9 Å². The van der Waals surface area contributed by atoms with Crippen LogP contribution in [0, 0.1) is 13.8 Å². The average molecular weight is 391 g/mol. The Morgan fingerprint density at radius 1 is 1.04 bits per heavy atom. The first-order valence-electron chi connectivity index (χ1n) is 8.59. The summed E-state index contributed by atoms with van der Waals surface area (Å²) in [6.07, 6.45) is 1.11. The summed E-state index contributed by atoms with van der Waals surface area (Å²) in [5.74, 6) is 0.510. The molecule has 0 unspecified atom stereocenters. The monoisotopic (exact) mass is 390 g/mol. The smallest absolute Gasteiger partial charge is 0.255 e. The van der Waals surface area contributed by atoms with Gasteiger partial charge in [-0.25, -0.2) is 8.42 Å². The van der Waals surface area contributed by atoms with Gasteiger partial charge in [-0.2, -0.15) is 0 Å². The number of anilines is 1. The van der Waals surface area contributed by atoms with Crippen LogP contribution in [0.15, 0.2) is 42.5 Å². The molecule has 27 heavy (non-hydrogen) atoms. The van der Waals surface area contributed by atoms with Crippen LogP contribution in [0.4, 0.5) is 5.69 Å². The van der Waals surface area contributed by atoms with Crippen molar-refractivity contribution in [3.63, 3.8) is 0 Å². The topological polar surface area (TPSA) is 66.9 Å². The van der Waals surface area contributed by atoms with Gasteiger partial charge in [-0.1, -0.05) is 18.2 Å². The highest BCUT2D eigenvalue weighted by atomic mass is 32.2. The van der Waals surface area contributed by atoms with E-state index >= 15 is 0 Å². The van der Waals surface area contributed by atoms with Gasteiger partial charge in [0.05, 0.1) is 24.1 Å². The molecule has 0 aliphatic rings. The van der Waals surface area contributed by atoms with Crippen LogP contribution >= 0.6 is 0 Å². The van der Waals surface area contributed by atoms with Crippen LogP contribution < -0.4 is 9.04 Å². The second-order valence-corrected chi connectivity index (χ2v) is 8.66. The van der Waals surface area contributed by atoms with Crippen LogP contribution in [0.25, 0.3) is 0 Å². The molecule has 0 spiro atoms. The number of aryl methyl sites for hydroxylation is 2. The van der Waals surface area contributed by atoms with Gasteiger partial charge in [0.1, 0.15) is 12.4 Å². The van der Waals surface area contributed by atoms with Crippen molar-refractivity contribution in [3.05, 3.63) is 59.2 Å². The zero-order valence-corrected chi connectivity index (χ0v) is 17.2. The number of carbonyl (C=O) groups excluding carboxylic acids is 1. The quantitative estimate of drug-likeness (QED) is 0.729. The Balaban J connectivity index is 2.07. The lowest BCUT2D eigenvalue weighted by Crippen LogP contribution is -2.33. The Hall–Kier alpha value is -2.54. The molecular formula is C20H26N2O4S. The fourth-order valence-corrected chi connectivity index (χ4v) is 3.25. The molecule has 7 heteroatoms. The van der Waals surface area contributed by atoms with Crippen LogP contribution in [0.3, 0.4) is 0 Å². The zero-order valence-electron chi connectivity index (χ0n) is 16.4. The highest BCUT2D eigenvalue weighted by molar-refractivity contribution is 7.92. The molecule has 0 aliphatic carbocycles. The minimum Gasteiger partial charge on any atom is -0.492 e. The number of benzene rings is 2. The standard InChI is InChI=1S/C20H26N2O4S/c1-15-12-16(2)14-17(13-15)26-11-10-21(3)20(23)18-8-6-7-9-19(18)22(4)27(5,24)25/h6-9,12-14H,10-11H2,1-5H3. The van der Waals surface area contributed by atoms with Crippen molar-refractivity contribution in [1.82, 2.24) is 4.90 Å². The van der Waals surface area contributed by atoms with Gasteiger partial charge in [-0.05, 0) is 49.2 Å². The Morgan fingerprint density at radius 2 is 1.63 bits per heavy atom. The minimum absolute atomic E-state index is 0.259. The molecule has 0 N–H and O–H groups in total. The van der Waals surface area contributed by atoms with E-state index in [1.807, 2.05) is 26.0 Å². The third-order valence-electron chi connectivity index (χ3n) is 4.21. The number of carbonyl (C=O) groups is 1. The lowest BCUT2D eigenvalue weighted by Gasteiger charge is -2.23. The number of sulfonamides is 1. The largest absolute Gasteiger partial charge is 0.492 e. The van der Waals surface area contributed by atoms with Crippen LogP contribution in [-0.4, -0.2) is 52.7 Å². The maximum atomic E-state index is 12.8. The van der Waals surface area contributed by atoms with Gasteiger partial charge in [-0.3, -0.25) is 9.10 Å². The third kappa shape index (κ3) is 5.47. The molecule has 1 amide bonds. The van der Waals surface area contributed by atoms with E-state index in [1.54, 1.807) is 31.3 Å². The molecular weight excluding hydrogens is 364 g/mol. The Kier molecular flexibility index (Phi) is 6.49. The average Bonchev–Trinajstić information content (AvgIpc) is 2.58. The van der Waals surface area contributed by atoms with E-state index in [1.165, 1.54) is 11.9 Å². The molecule has 6 nitrogen and oxygen atoms in total. The molecule has 0 fully saturated rings. The van der Waals surface area contributed by atoms with Crippen molar-refractivity contribution >= 4 is 21.6 Å². The number of hydrogen-bond donors (Lipinski definition) is 0. The van der Waals surface area contributed by atoms with Crippen molar-refractivity contribution in [2.45, 2.75) is 13.8 Å². The van der Waals surface area contributed by atoms with E-state index in [9.17, 15) is 13.2 Å². The van der Waals surface area contributed by atoms with E-state index in [4.69, 9.17) is 4.74 Å². The minimum atomic E-state index is -3.46. The summed E-state index contributed by atoms with van der Waals surface area (Å²) >= 11 is 0. The number of hydrogen-bond acceptors (Lipinski definition) is 4. The Bertz CT molecular complexity index is 905. The molecule has 0 atom stereocenters. The van der Waals surface area contributed by atoms with Crippen molar-refractivity contribution in [2.75, 3.05) is 37.8 Å².